The number of benzene rings is 1. The molecule has 1 aliphatic rings. The highest BCUT2D eigenvalue weighted by Crippen LogP contribution is 2.27. The smallest absolute Gasteiger partial charge is 0.255 e. The SMILES string of the molecule is CN(C(=O)c1ccc(NS(C)(=O)=O)cc1Cl)C1CCCC1. The van der Waals surface area contributed by atoms with Gasteiger partial charge in [0.2, 0.25) is 10.0 Å². The second kappa shape index (κ2) is 6.23. The van der Waals surface area contributed by atoms with Gasteiger partial charge in [-0.1, -0.05) is 24.4 Å². The van der Waals surface area contributed by atoms with Gasteiger partial charge in [0, 0.05) is 18.8 Å². The van der Waals surface area contributed by atoms with Crippen molar-refractivity contribution in [3.05, 3.63) is 28.8 Å². The van der Waals surface area contributed by atoms with Gasteiger partial charge in [-0.15, -0.1) is 0 Å². The number of hydrogen-bond donors (Lipinski definition) is 1. The fourth-order valence-corrected chi connectivity index (χ4v) is 3.43. The average Bonchev–Trinajstić information content (AvgIpc) is 2.89. The fraction of sp³-hybridized carbons (Fsp3) is 0.500. The first-order chi connectivity index (χ1) is 9.78. The highest BCUT2D eigenvalue weighted by atomic mass is 35.5. The molecule has 116 valence electrons. The zero-order valence-corrected chi connectivity index (χ0v) is 13.7. The summed E-state index contributed by atoms with van der Waals surface area (Å²) < 4.78 is 24.7. The summed E-state index contributed by atoms with van der Waals surface area (Å²) in [6, 6.07) is 4.83. The number of anilines is 1. The van der Waals surface area contributed by atoms with E-state index in [1.165, 1.54) is 6.07 Å². The van der Waals surface area contributed by atoms with Gasteiger partial charge in [-0.2, -0.15) is 0 Å². The Kier molecular flexibility index (Phi) is 4.78. The lowest BCUT2D eigenvalue weighted by Gasteiger charge is -2.24. The molecule has 5 nitrogen and oxygen atoms in total. The number of rotatable bonds is 4. The van der Waals surface area contributed by atoms with Crippen molar-refractivity contribution in [1.82, 2.24) is 4.90 Å². The Hall–Kier alpha value is -1.27. The van der Waals surface area contributed by atoms with E-state index in [0.717, 1.165) is 31.9 Å². The third-order valence-corrected chi connectivity index (χ3v) is 4.61. The molecule has 0 spiro atoms. The lowest BCUT2D eigenvalue weighted by molar-refractivity contribution is 0.0735. The van der Waals surface area contributed by atoms with E-state index in [-0.39, 0.29) is 17.0 Å². The third-order valence-electron chi connectivity index (χ3n) is 3.70. The van der Waals surface area contributed by atoms with Crippen molar-refractivity contribution in [3.8, 4) is 0 Å². The van der Waals surface area contributed by atoms with E-state index in [1.807, 2.05) is 0 Å². The Labute approximate surface area is 130 Å². The summed E-state index contributed by atoms with van der Waals surface area (Å²) in [4.78, 5) is 14.2. The Morgan fingerprint density at radius 1 is 1.33 bits per heavy atom. The van der Waals surface area contributed by atoms with Crippen molar-refractivity contribution in [3.63, 3.8) is 0 Å². The second-order valence-corrected chi connectivity index (χ2v) is 7.58. The van der Waals surface area contributed by atoms with Crippen LogP contribution in [0.1, 0.15) is 36.0 Å². The van der Waals surface area contributed by atoms with Gasteiger partial charge in [0.25, 0.3) is 5.91 Å². The van der Waals surface area contributed by atoms with Crippen molar-refractivity contribution in [2.45, 2.75) is 31.7 Å². The lowest BCUT2D eigenvalue weighted by atomic mass is 10.1. The molecule has 2 rings (SSSR count). The fourth-order valence-electron chi connectivity index (χ4n) is 2.61. The summed E-state index contributed by atoms with van der Waals surface area (Å²) in [6.07, 6.45) is 5.40. The molecule has 0 unspecified atom stereocenters. The number of halogens is 1. The maximum absolute atomic E-state index is 12.5. The molecule has 7 heteroatoms. The number of hydrogen-bond acceptors (Lipinski definition) is 3. The molecule has 0 radical (unpaired) electrons. The normalized spacial score (nSPS) is 16.0. The van der Waals surface area contributed by atoms with Gasteiger partial charge in [-0.3, -0.25) is 9.52 Å². The van der Waals surface area contributed by atoms with Crippen molar-refractivity contribution >= 4 is 33.2 Å². The molecule has 0 heterocycles. The van der Waals surface area contributed by atoms with Crippen molar-refractivity contribution in [2.24, 2.45) is 0 Å². The minimum absolute atomic E-state index is 0.127. The zero-order valence-electron chi connectivity index (χ0n) is 12.1. The third kappa shape index (κ3) is 4.11. The Balaban J connectivity index is 2.18. The number of nitrogens with zero attached hydrogens (tertiary/aromatic N) is 1. The van der Waals surface area contributed by atoms with Crippen LogP contribution in [0.4, 0.5) is 5.69 Å². The first-order valence-corrected chi connectivity index (χ1v) is 9.09. The molecular weight excluding hydrogens is 312 g/mol. The number of carbonyl (C=O) groups excluding carboxylic acids is 1. The first kappa shape index (κ1) is 16.1. The summed E-state index contributed by atoms with van der Waals surface area (Å²) in [5.41, 5.74) is 0.743. The summed E-state index contributed by atoms with van der Waals surface area (Å²) >= 11 is 6.12. The van der Waals surface area contributed by atoms with Crippen molar-refractivity contribution in [1.29, 1.82) is 0 Å². The maximum Gasteiger partial charge on any atom is 0.255 e. The van der Waals surface area contributed by atoms with Crippen LogP contribution >= 0.6 is 11.6 Å². The predicted molar refractivity (Wildman–Crippen MR) is 84.3 cm³/mol. The molecule has 1 aromatic rings. The Morgan fingerprint density at radius 2 is 1.95 bits per heavy atom. The van der Waals surface area contributed by atoms with Crippen LogP contribution in [0.2, 0.25) is 5.02 Å². The van der Waals surface area contributed by atoms with Crippen LogP contribution in [0.5, 0.6) is 0 Å². The van der Waals surface area contributed by atoms with Gasteiger partial charge in [0.15, 0.2) is 0 Å². The summed E-state index contributed by atoms with van der Waals surface area (Å²) in [7, 11) is -1.57. The maximum atomic E-state index is 12.5. The molecule has 0 atom stereocenters. The number of nitrogens with one attached hydrogen (secondary N) is 1. The molecule has 1 amide bonds. The number of carbonyl (C=O) groups is 1. The molecule has 21 heavy (non-hydrogen) atoms. The molecule has 0 bridgehead atoms. The van der Waals surface area contributed by atoms with E-state index in [4.69, 9.17) is 11.6 Å². The molecule has 1 saturated carbocycles. The molecule has 0 saturated heterocycles. The van der Waals surface area contributed by atoms with Crippen LogP contribution < -0.4 is 4.72 Å². The quantitative estimate of drug-likeness (QED) is 0.923. The minimum Gasteiger partial charge on any atom is -0.339 e. The number of sulfonamides is 1. The van der Waals surface area contributed by atoms with E-state index in [2.05, 4.69) is 4.72 Å². The van der Waals surface area contributed by atoms with Crippen LogP contribution in [0.15, 0.2) is 18.2 Å². The topological polar surface area (TPSA) is 66.5 Å². The van der Waals surface area contributed by atoms with E-state index < -0.39 is 10.0 Å². The highest BCUT2D eigenvalue weighted by molar-refractivity contribution is 7.92. The second-order valence-electron chi connectivity index (χ2n) is 5.42. The van der Waals surface area contributed by atoms with Crippen LogP contribution in [0, 0.1) is 0 Å². The molecular formula is C14H19ClN2O3S. The van der Waals surface area contributed by atoms with Gasteiger partial charge in [-0.05, 0) is 31.0 Å². The van der Waals surface area contributed by atoms with Gasteiger partial charge in [0.1, 0.15) is 0 Å². The minimum atomic E-state index is -3.36. The van der Waals surface area contributed by atoms with Gasteiger partial charge >= 0.3 is 0 Å². The van der Waals surface area contributed by atoms with Crippen LogP contribution in [-0.4, -0.2) is 38.6 Å². The molecule has 0 aromatic heterocycles. The molecule has 0 aliphatic heterocycles. The van der Waals surface area contributed by atoms with E-state index in [9.17, 15) is 13.2 Å². The first-order valence-electron chi connectivity index (χ1n) is 6.82. The summed E-state index contributed by atoms with van der Waals surface area (Å²) in [6.45, 7) is 0. The van der Waals surface area contributed by atoms with E-state index in [0.29, 0.717) is 11.3 Å². The largest absolute Gasteiger partial charge is 0.339 e. The van der Waals surface area contributed by atoms with Crippen LogP contribution in [0.25, 0.3) is 0 Å². The summed E-state index contributed by atoms with van der Waals surface area (Å²) in [5, 5.41) is 0.249. The average molecular weight is 331 g/mol. The molecule has 1 N–H and O–H groups in total. The van der Waals surface area contributed by atoms with E-state index >= 15 is 0 Å². The van der Waals surface area contributed by atoms with Gasteiger partial charge < -0.3 is 4.90 Å². The summed E-state index contributed by atoms with van der Waals surface area (Å²) in [5.74, 6) is -0.127. The van der Waals surface area contributed by atoms with Gasteiger partial charge in [0.05, 0.1) is 16.8 Å². The van der Waals surface area contributed by atoms with E-state index in [1.54, 1.807) is 24.1 Å². The Morgan fingerprint density at radius 3 is 2.48 bits per heavy atom. The zero-order chi connectivity index (χ0) is 15.6. The molecule has 1 fully saturated rings. The predicted octanol–water partition coefficient (Wildman–Crippen LogP) is 2.73. The highest BCUT2D eigenvalue weighted by Gasteiger charge is 2.25. The molecule has 1 aliphatic carbocycles. The van der Waals surface area contributed by atoms with Gasteiger partial charge in [-0.25, -0.2) is 8.42 Å². The van der Waals surface area contributed by atoms with Crippen molar-refractivity contribution < 1.29 is 13.2 Å². The lowest BCUT2D eigenvalue weighted by Crippen LogP contribution is -2.35. The molecule has 1 aromatic carbocycles. The van der Waals surface area contributed by atoms with Crippen LogP contribution in [-0.2, 0) is 10.0 Å². The standard InChI is InChI=1S/C14H19ClN2O3S/c1-17(11-5-3-4-6-11)14(18)12-8-7-10(9-13(12)15)16-21(2,19)20/h7-9,11,16H,3-6H2,1-2H3. The van der Waals surface area contributed by atoms with Crippen molar-refractivity contribution in [2.75, 3.05) is 18.0 Å². The Bertz CT molecular complexity index is 640. The monoisotopic (exact) mass is 330 g/mol. The number of amides is 1. The van der Waals surface area contributed by atoms with Crippen LogP contribution in [0.3, 0.4) is 0 Å².